The lowest BCUT2D eigenvalue weighted by Crippen LogP contribution is -2.26. The molecular formula is C12H14N2O5. The molecule has 0 aliphatic rings. The summed E-state index contributed by atoms with van der Waals surface area (Å²) in [6.07, 6.45) is -1.05. The third-order valence-electron chi connectivity index (χ3n) is 2.27. The van der Waals surface area contributed by atoms with Crippen LogP contribution in [0.3, 0.4) is 0 Å². The Kier molecular flexibility index (Phi) is 5.01. The van der Waals surface area contributed by atoms with E-state index < -0.39 is 23.9 Å². The zero-order valence-electron chi connectivity index (χ0n) is 10.3. The first-order valence-electron chi connectivity index (χ1n) is 5.44. The minimum Gasteiger partial charge on any atom is -0.479 e. The zero-order valence-corrected chi connectivity index (χ0v) is 10.3. The minimum atomic E-state index is -1.14. The van der Waals surface area contributed by atoms with Gasteiger partial charge in [0.1, 0.15) is 6.61 Å². The van der Waals surface area contributed by atoms with Crippen LogP contribution in [-0.2, 0) is 14.3 Å². The number of nitrogens with two attached hydrogens (primary N) is 1. The Balaban J connectivity index is 2.48. The lowest BCUT2D eigenvalue weighted by Gasteiger charge is -2.09. The van der Waals surface area contributed by atoms with Crippen molar-refractivity contribution in [3.63, 3.8) is 0 Å². The fourth-order valence-corrected chi connectivity index (χ4v) is 1.19. The van der Waals surface area contributed by atoms with E-state index in [2.05, 4.69) is 5.32 Å². The van der Waals surface area contributed by atoms with Crippen molar-refractivity contribution in [2.45, 2.75) is 13.0 Å². The molecule has 0 saturated carbocycles. The molecule has 0 aliphatic heterocycles. The lowest BCUT2D eigenvalue weighted by atomic mass is 10.2. The quantitative estimate of drug-likeness (QED) is 0.680. The summed E-state index contributed by atoms with van der Waals surface area (Å²) in [7, 11) is 0. The summed E-state index contributed by atoms with van der Waals surface area (Å²) in [6.45, 7) is 0.961. The Morgan fingerprint density at radius 3 is 2.37 bits per heavy atom. The van der Waals surface area contributed by atoms with Crippen molar-refractivity contribution in [1.82, 2.24) is 0 Å². The van der Waals surface area contributed by atoms with E-state index in [0.717, 1.165) is 0 Å². The van der Waals surface area contributed by atoms with Crippen LogP contribution in [0, 0.1) is 0 Å². The number of nitrogens with one attached hydrogen (secondary N) is 1. The fraction of sp³-hybridized carbons (Fsp3) is 0.250. The number of benzene rings is 1. The molecule has 1 atom stereocenters. The van der Waals surface area contributed by atoms with Crippen molar-refractivity contribution in [2.24, 2.45) is 5.73 Å². The van der Waals surface area contributed by atoms with Gasteiger partial charge in [-0.15, -0.1) is 0 Å². The molecule has 2 amide bonds. The third-order valence-corrected chi connectivity index (χ3v) is 2.27. The molecule has 0 saturated heterocycles. The molecule has 4 N–H and O–H groups in total. The van der Waals surface area contributed by atoms with Gasteiger partial charge in [-0.3, -0.25) is 9.59 Å². The Bertz CT molecular complexity index is 483. The SMILES string of the molecule is CC(OCC(=O)Nc1ccc(C(N)=O)cc1)C(=O)O. The van der Waals surface area contributed by atoms with Gasteiger partial charge in [0.15, 0.2) is 6.10 Å². The molecule has 0 spiro atoms. The largest absolute Gasteiger partial charge is 0.479 e. The first kappa shape index (κ1) is 14.7. The summed E-state index contributed by atoms with van der Waals surface area (Å²) in [4.78, 5) is 32.7. The molecule has 0 radical (unpaired) electrons. The topological polar surface area (TPSA) is 119 Å². The molecule has 0 aliphatic carbocycles. The van der Waals surface area contributed by atoms with Gasteiger partial charge in [-0.1, -0.05) is 0 Å². The summed E-state index contributed by atoms with van der Waals surface area (Å²) in [5.41, 5.74) is 5.86. The number of carbonyl (C=O) groups excluding carboxylic acids is 2. The summed E-state index contributed by atoms with van der Waals surface area (Å²) in [6, 6.07) is 5.97. The van der Waals surface area contributed by atoms with Gasteiger partial charge in [0.2, 0.25) is 11.8 Å². The van der Waals surface area contributed by atoms with Gasteiger partial charge in [0.25, 0.3) is 0 Å². The number of primary amides is 1. The molecule has 0 heterocycles. The average molecular weight is 266 g/mol. The van der Waals surface area contributed by atoms with E-state index in [9.17, 15) is 14.4 Å². The highest BCUT2D eigenvalue weighted by Gasteiger charge is 2.13. The van der Waals surface area contributed by atoms with Crippen LogP contribution in [0.4, 0.5) is 5.69 Å². The first-order valence-corrected chi connectivity index (χ1v) is 5.44. The predicted molar refractivity (Wildman–Crippen MR) is 66.6 cm³/mol. The number of rotatable bonds is 6. The van der Waals surface area contributed by atoms with Crippen LogP contribution < -0.4 is 11.1 Å². The van der Waals surface area contributed by atoms with Gasteiger partial charge in [0.05, 0.1) is 0 Å². The van der Waals surface area contributed by atoms with Crippen molar-refractivity contribution in [2.75, 3.05) is 11.9 Å². The van der Waals surface area contributed by atoms with Crippen LogP contribution in [0.15, 0.2) is 24.3 Å². The number of ether oxygens (including phenoxy) is 1. The highest BCUT2D eigenvalue weighted by Crippen LogP contribution is 2.09. The van der Waals surface area contributed by atoms with E-state index in [1.54, 1.807) is 0 Å². The molecule has 0 fully saturated rings. The second-order valence-electron chi connectivity index (χ2n) is 3.78. The summed E-state index contributed by atoms with van der Waals surface area (Å²) in [5, 5.41) is 11.1. The van der Waals surface area contributed by atoms with E-state index in [-0.39, 0.29) is 6.61 Å². The molecule has 1 aromatic carbocycles. The van der Waals surface area contributed by atoms with Crippen molar-refractivity contribution < 1.29 is 24.2 Å². The van der Waals surface area contributed by atoms with Crippen LogP contribution >= 0.6 is 0 Å². The summed E-state index contributed by atoms with van der Waals surface area (Å²) in [5.74, 6) is -2.19. The van der Waals surface area contributed by atoms with Crippen LogP contribution in [0.25, 0.3) is 0 Å². The summed E-state index contributed by atoms with van der Waals surface area (Å²) < 4.78 is 4.81. The van der Waals surface area contributed by atoms with Crippen molar-refractivity contribution in [3.8, 4) is 0 Å². The van der Waals surface area contributed by atoms with Crippen LogP contribution in [0.1, 0.15) is 17.3 Å². The van der Waals surface area contributed by atoms with Crippen molar-refractivity contribution in [1.29, 1.82) is 0 Å². The highest BCUT2D eigenvalue weighted by atomic mass is 16.5. The van der Waals surface area contributed by atoms with Crippen LogP contribution in [0.2, 0.25) is 0 Å². The van der Waals surface area contributed by atoms with Gasteiger partial charge < -0.3 is 20.9 Å². The normalized spacial score (nSPS) is 11.6. The molecule has 0 bridgehead atoms. The Morgan fingerprint density at radius 2 is 1.89 bits per heavy atom. The maximum absolute atomic E-state index is 11.4. The molecule has 102 valence electrons. The Hall–Kier alpha value is -2.41. The minimum absolute atomic E-state index is 0.328. The van der Waals surface area contributed by atoms with Crippen molar-refractivity contribution >= 4 is 23.5 Å². The Morgan fingerprint density at radius 1 is 1.32 bits per heavy atom. The van der Waals surface area contributed by atoms with Gasteiger partial charge >= 0.3 is 5.97 Å². The van der Waals surface area contributed by atoms with Gasteiger partial charge in [-0.25, -0.2) is 4.79 Å². The van der Waals surface area contributed by atoms with E-state index in [4.69, 9.17) is 15.6 Å². The zero-order chi connectivity index (χ0) is 14.4. The van der Waals surface area contributed by atoms with Gasteiger partial charge in [-0.2, -0.15) is 0 Å². The smallest absolute Gasteiger partial charge is 0.332 e. The third kappa shape index (κ3) is 4.76. The average Bonchev–Trinajstić information content (AvgIpc) is 2.36. The van der Waals surface area contributed by atoms with E-state index >= 15 is 0 Å². The van der Waals surface area contributed by atoms with E-state index in [0.29, 0.717) is 11.3 Å². The number of aliphatic carboxylic acids is 1. The first-order chi connectivity index (χ1) is 8.90. The molecule has 0 aromatic heterocycles. The second-order valence-corrected chi connectivity index (χ2v) is 3.78. The van der Waals surface area contributed by atoms with Crippen LogP contribution in [-0.4, -0.2) is 35.6 Å². The molecule has 7 heteroatoms. The predicted octanol–water partition coefficient (Wildman–Crippen LogP) is 0.214. The number of carboxylic acid groups (broad SMARTS) is 1. The van der Waals surface area contributed by atoms with Crippen LogP contribution in [0.5, 0.6) is 0 Å². The number of hydrogen-bond acceptors (Lipinski definition) is 4. The molecule has 19 heavy (non-hydrogen) atoms. The number of carboxylic acids is 1. The lowest BCUT2D eigenvalue weighted by molar-refractivity contribution is -0.150. The number of amides is 2. The number of anilines is 1. The number of hydrogen-bond donors (Lipinski definition) is 3. The second kappa shape index (κ2) is 6.50. The summed E-state index contributed by atoms with van der Waals surface area (Å²) >= 11 is 0. The highest BCUT2D eigenvalue weighted by molar-refractivity contribution is 5.95. The molecule has 1 aromatic rings. The Labute approximate surface area is 109 Å². The molecule has 1 unspecified atom stereocenters. The van der Waals surface area contributed by atoms with Gasteiger partial charge in [0, 0.05) is 11.3 Å². The van der Waals surface area contributed by atoms with E-state index in [1.807, 2.05) is 0 Å². The molecule has 7 nitrogen and oxygen atoms in total. The monoisotopic (exact) mass is 266 g/mol. The fourth-order valence-electron chi connectivity index (χ4n) is 1.19. The number of carbonyl (C=O) groups is 3. The standard InChI is InChI=1S/C12H14N2O5/c1-7(12(17)18)19-6-10(15)14-9-4-2-8(3-5-9)11(13)16/h2-5,7H,6H2,1H3,(H2,13,16)(H,14,15)(H,17,18). The molecular weight excluding hydrogens is 252 g/mol. The van der Waals surface area contributed by atoms with E-state index in [1.165, 1.54) is 31.2 Å². The van der Waals surface area contributed by atoms with Crippen molar-refractivity contribution in [3.05, 3.63) is 29.8 Å². The maximum Gasteiger partial charge on any atom is 0.332 e. The molecule has 1 rings (SSSR count). The van der Waals surface area contributed by atoms with Gasteiger partial charge in [-0.05, 0) is 31.2 Å². The maximum atomic E-state index is 11.4.